The molecule has 31 heavy (non-hydrogen) atoms. The van der Waals surface area contributed by atoms with E-state index < -0.39 is 55.0 Å². The van der Waals surface area contributed by atoms with Crippen molar-refractivity contribution in [3.8, 4) is 11.5 Å². The first-order valence-corrected chi connectivity index (χ1v) is 9.91. The molecular formula is C20H30O11. The molecule has 0 unspecified atom stereocenters. The van der Waals surface area contributed by atoms with Gasteiger partial charge < -0.3 is 50.0 Å². The zero-order valence-corrected chi connectivity index (χ0v) is 17.3. The average molecular weight is 446 g/mol. The predicted molar refractivity (Wildman–Crippen MR) is 104 cm³/mol. The van der Waals surface area contributed by atoms with Gasteiger partial charge in [-0.2, -0.15) is 0 Å². The van der Waals surface area contributed by atoms with Crippen LogP contribution in [0.1, 0.15) is 25.8 Å². The van der Waals surface area contributed by atoms with Crippen LogP contribution in [0.15, 0.2) is 18.2 Å². The number of aromatic hydroxyl groups is 2. The third-order valence-corrected chi connectivity index (χ3v) is 5.34. The highest BCUT2D eigenvalue weighted by Crippen LogP contribution is 2.26. The summed E-state index contributed by atoms with van der Waals surface area (Å²) in [6, 6.07) is 4.22. The highest BCUT2D eigenvalue weighted by Gasteiger charge is 2.46. The zero-order chi connectivity index (χ0) is 23.3. The van der Waals surface area contributed by atoms with Gasteiger partial charge in [0.05, 0.1) is 12.7 Å². The third-order valence-electron chi connectivity index (χ3n) is 5.34. The Labute approximate surface area is 179 Å². The number of rotatable bonds is 9. The van der Waals surface area contributed by atoms with E-state index in [0.29, 0.717) is 5.56 Å². The highest BCUT2D eigenvalue weighted by atomic mass is 16.7. The molecule has 0 spiro atoms. The summed E-state index contributed by atoms with van der Waals surface area (Å²) in [6.07, 6.45) is -8.69. The first kappa shape index (κ1) is 25.3. The lowest BCUT2D eigenvalue weighted by Crippen LogP contribution is -2.60. The van der Waals surface area contributed by atoms with E-state index in [1.54, 1.807) is 6.07 Å². The van der Waals surface area contributed by atoms with Crippen LogP contribution in [-0.2, 0) is 25.4 Å². The van der Waals surface area contributed by atoms with E-state index in [1.165, 1.54) is 26.0 Å². The van der Waals surface area contributed by atoms with Crippen LogP contribution in [0.4, 0.5) is 0 Å². The zero-order valence-electron chi connectivity index (χ0n) is 17.3. The second kappa shape index (κ2) is 10.6. The Hall–Kier alpha value is -1.99. The summed E-state index contributed by atoms with van der Waals surface area (Å²) in [5.41, 5.74) is -1.51. The number of carbonyl (C=O) groups excluding carboxylic acids is 1. The second-order valence-corrected chi connectivity index (χ2v) is 7.51. The quantitative estimate of drug-likeness (QED) is 0.173. The number of benzene rings is 1. The van der Waals surface area contributed by atoms with Gasteiger partial charge in [-0.3, -0.25) is 0 Å². The maximum atomic E-state index is 12.1. The van der Waals surface area contributed by atoms with Crippen molar-refractivity contribution in [1.82, 2.24) is 0 Å². The molecule has 0 aliphatic carbocycles. The summed E-state index contributed by atoms with van der Waals surface area (Å²) in [5, 5.41) is 69.0. The van der Waals surface area contributed by atoms with Crippen LogP contribution < -0.4 is 0 Å². The van der Waals surface area contributed by atoms with E-state index in [9.17, 15) is 40.5 Å². The SMILES string of the molecule is CC[C@@](O)(C(=O)OC[C@H]1O[C@@H](OCCc2ccc(O)c(O)c2)[C@H](O)[C@@H](O)[C@@H]1O)[C@@H](C)O. The molecule has 1 heterocycles. The van der Waals surface area contributed by atoms with Crippen molar-refractivity contribution in [1.29, 1.82) is 0 Å². The topological polar surface area (TPSA) is 186 Å². The lowest BCUT2D eigenvalue weighted by Gasteiger charge is -2.40. The monoisotopic (exact) mass is 446 g/mol. The molecular weight excluding hydrogens is 416 g/mol. The van der Waals surface area contributed by atoms with Crippen molar-refractivity contribution in [2.75, 3.05) is 13.2 Å². The maximum Gasteiger partial charge on any atom is 0.340 e. The van der Waals surface area contributed by atoms with Crippen LogP contribution in [0.25, 0.3) is 0 Å². The summed E-state index contributed by atoms with van der Waals surface area (Å²) >= 11 is 0. The largest absolute Gasteiger partial charge is 0.504 e. The number of ether oxygens (including phenoxy) is 3. The Morgan fingerprint density at radius 2 is 1.84 bits per heavy atom. The Morgan fingerprint density at radius 1 is 1.16 bits per heavy atom. The van der Waals surface area contributed by atoms with Crippen molar-refractivity contribution in [3.63, 3.8) is 0 Å². The molecule has 7 atom stereocenters. The van der Waals surface area contributed by atoms with E-state index in [2.05, 4.69) is 0 Å². The number of esters is 1. The molecule has 1 aromatic rings. The summed E-state index contributed by atoms with van der Waals surface area (Å²) in [6.45, 7) is 2.15. The van der Waals surface area contributed by atoms with Gasteiger partial charge in [-0.15, -0.1) is 0 Å². The molecule has 0 saturated carbocycles. The van der Waals surface area contributed by atoms with E-state index >= 15 is 0 Å². The first-order valence-electron chi connectivity index (χ1n) is 9.91. The average Bonchev–Trinajstić information content (AvgIpc) is 2.74. The molecule has 1 saturated heterocycles. The number of phenols is 2. The minimum atomic E-state index is -2.14. The number of carbonyl (C=O) groups is 1. The fourth-order valence-corrected chi connectivity index (χ4v) is 3.10. The number of hydrogen-bond donors (Lipinski definition) is 7. The van der Waals surface area contributed by atoms with Crippen molar-refractivity contribution >= 4 is 5.97 Å². The van der Waals surface area contributed by atoms with Gasteiger partial charge in [-0.05, 0) is 37.5 Å². The normalized spacial score (nSPS) is 29.2. The minimum Gasteiger partial charge on any atom is -0.504 e. The fourth-order valence-electron chi connectivity index (χ4n) is 3.10. The molecule has 176 valence electrons. The predicted octanol–water partition coefficient (Wildman–Crippen LogP) is -1.47. The van der Waals surface area contributed by atoms with Gasteiger partial charge in [0.2, 0.25) is 0 Å². The summed E-state index contributed by atoms with van der Waals surface area (Å²) in [5.74, 6) is -1.68. The molecule has 2 rings (SSSR count). The fraction of sp³-hybridized carbons (Fsp3) is 0.650. The molecule has 0 amide bonds. The molecule has 1 aliphatic heterocycles. The number of phenolic OH excluding ortho intramolecular Hbond substituents is 2. The van der Waals surface area contributed by atoms with Gasteiger partial charge in [0.25, 0.3) is 0 Å². The number of aliphatic hydroxyl groups is 5. The number of hydrogen-bond acceptors (Lipinski definition) is 11. The first-order chi connectivity index (χ1) is 14.5. The summed E-state index contributed by atoms with van der Waals surface area (Å²) in [4.78, 5) is 12.1. The Kier molecular flexibility index (Phi) is 8.60. The number of aliphatic hydroxyl groups excluding tert-OH is 4. The van der Waals surface area contributed by atoms with Crippen LogP contribution in [-0.4, -0.2) is 97.3 Å². The van der Waals surface area contributed by atoms with Gasteiger partial charge in [0, 0.05) is 0 Å². The maximum absolute atomic E-state index is 12.1. The Bertz CT molecular complexity index is 740. The van der Waals surface area contributed by atoms with E-state index in [0.717, 1.165) is 0 Å². The molecule has 1 fully saturated rings. The van der Waals surface area contributed by atoms with Crippen LogP contribution >= 0.6 is 0 Å². The van der Waals surface area contributed by atoms with Crippen molar-refractivity contribution < 1.29 is 54.8 Å². The van der Waals surface area contributed by atoms with E-state index in [-0.39, 0.29) is 30.9 Å². The van der Waals surface area contributed by atoms with Crippen LogP contribution in [0.3, 0.4) is 0 Å². The van der Waals surface area contributed by atoms with Crippen LogP contribution in [0, 0.1) is 0 Å². The minimum absolute atomic E-state index is 0.00111. The van der Waals surface area contributed by atoms with Gasteiger partial charge >= 0.3 is 5.97 Å². The van der Waals surface area contributed by atoms with Crippen molar-refractivity contribution in [2.45, 2.75) is 69.1 Å². The van der Waals surface area contributed by atoms with Crippen LogP contribution in [0.2, 0.25) is 0 Å². The molecule has 0 bridgehead atoms. The lowest BCUT2D eigenvalue weighted by molar-refractivity contribution is -0.302. The Balaban J connectivity index is 1.95. The molecule has 1 aromatic carbocycles. The summed E-state index contributed by atoms with van der Waals surface area (Å²) < 4.78 is 15.8. The summed E-state index contributed by atoms with van der Waals surface area (Å²) in [7, 11) is 0. The van der Waals surface area contributed by atoms with Gasteiger partial charge in [-0.25, -0.2) is 4.79 Å². The molecule has 1 aliphatic rings. The van der Waals surface area contributed by atoms with Crippen molar-refractivity contribution in [2.24, 2.45) is 0 Å². The highest BCUT2D eigenvalue weighted by molar-refractivity contribution is 5.80. The van der Waals surface area contributed by atoms with E-state index in [4.69, 9.17) is 14.2 Å². The van der Waals surface area contributed by atoms with Gasteiger partial charge in [0.15, 0.2) is 23.4 Å². The van der Waals surface area contributed by atoms with Gasteiger partial charge in [0.1, 0.15) is 31.0 Å². The molecule has 11 heteroatoms. The standard InChI is InChI=1S/C20H30O11/c1-3-20(28,10(2)21)19(27)30-9-14-15(24)16(25)17(26)18(31-14)29-7-6-11-4-5-12(22)13(23)8-11/h4-5,8,10,14-18,21-26,28H,3,6-7,9H2,1-2H3/t10-,14-,15-,16+,17-,18-,20+/m1/s1. The molecule has 0 aromatic heterocycles. The molecule has 11 nitrogen and oxygen atoms in total. The van der Waals surface area contributed by atoms with Crippen LogP contribution in [0.5, 0.6) is 11.5 Å². The van der Waals surface area contributed by atoms with Crippen molar-refractivity contribution in [3.05, 3.63) is 23.8 Å². The van der Waals surface area contributed by atoms with Gasteiger partial charge in [-0.1, -0.05) is 13.0 Å². The third kappa shape index (κ3) is 5.83. The smallest absolute Gasteiger partial charge is 0.340 e. The Morgan fingerprint density at radius 3 is 2.42 bits per heavy atom. The second-order valence-electron chi connectivity index (χ2n) is 7.51. The molecule has 0 radical (unpaired) electrons. The molecule has 7 N–H and O–H groups in total. The lowest BCUT2D eigenvalue weighted by atomic mass is 9.95. The van der Waals surface area contributed by atoms with E-state index in [1.807, 2.05) is 0 Å².